The van der Waals surface area contributed by atoms with Gasteiger partial charge in [0.05, 0.1) is 13.3 Å². The number of aromatic nitrogens is 4. The molecule has 1 amide bonds. The number of nitrogens with zero attached hydrogens (tertiary/aromatic N) is 4. The quantitative estimate of drug-likeness (QED) is 0.639. The Hall–Kier alpha value is -3.20. The van der Waals surface area contributed by atoms with Crippen molar-refractivity contribution in [3.63, 3.8) is 0 Å². The van der Waals surface area contributed by atoms with Gasteiger partial charge in [0.2, 0.25) is 0 Å². The van der Waals surface area contributed by atoms with Crippen molar-refractivity contribution in [3.8, 4) is 5.75 Å². The van der Waals surface area contributed by atoms with Gasteiger partial charge in [-0.1, -0.05) is 0 Å². The van der Waals surface area contributed by atoms with Crippen LogP contribution < -0.4 is 21.1 Å². The predicted molar refractivity (Wildman–Crippen MR) is 93.6 cm³/mol. The topological polar surface area (TPSA) is 119 Å². The largest absolute Gasteiger partial charge is 0.494 e. The smallest absolute Gasteiger partial charge is 0.263 e. The van der Waals surface area contributed by atoms with Crippen LogP contribution in [0.5, 0.6) is 5.75 Å². The van der Waals surface area contributed by atoms with Crippen LogP contribution in [0.25, 0.3) is 5.65 Å². The highest BCUT2D eigenvalue weighted by Crippen LogP contribution is 2.25. The summed E-state index contributed by atoms with van der Waals surface area (Å²) in [4.78, 5) is 21.0. The highest BCUT2D eigenvalue weighted by atomic mass is 16.5. The van der Waals surface area contributed by atoms with Gasteiger partial charge in [0.1, 0.15) is 17.0 Å². The van der Waals surface area contributed by atoms with Crippen LogP contribution in [0.2, 0.25) is 0 Å². The van der Waals surface area contributed by atoms with E-state index in [0.29, 0.717) is 17.1 Å². The average Bonchev–Trinajstić information content (AvgIpc) is 2.96. The van der Waals surface area contributed by atoms with Crippen LogP contribution in [0.4, 0.5) is 11.5 Å². The molecule has 0 fully saturated rings. The Kier molecular flexibility index (Phi) is 4.48. The van der Waals surface area contributed by atoms with Crippen molar-refractivity contribution in [2.24, 2.45) is 0 Å². The molecule has 1 atom stereocenters. The number of carbonyl (C=O) groups is 1. The molecule has 3 heterocycles. The lowest BCUT2D eigenvalue weighted by molar-refractivity contribution is 0.102. The Labute approximate surface area is 144 Å². The first-order valence-electron chi connectivity index (χ1n) is 7.65. The molecule has 3 aromatic rings. The van der Waals surface area contributed by atoms with E-state index in [4.69, 9.17) is 10.5 Å². The number of nitrogens with two attached hydrogens (primary N) is 1. The lowest BCUT2D eigenvalue weighted by Gasteiger charge is -2.10. The summed E-state index contributed by atoms with van der Waals surface area (Å²) < 4.78 is 6.71. The standard InChI is InChI=1S/C16H19N7O2/c1-9(18-2)10-6-20-15-13(14(17)22-23(15)8-10)16(24)21-11-7-19-5-4-12(11)25-3/h4-9,18H,1-3H3,(H2,17,22)(H,21,24). The molecule has 0 aliphatic heterocycles. The maximum absolute atomic E-state index is 12.7. The van der Waals surface area contributed by atoms with Crippen molar-refractivity contribution in [3.05, 3.63) is 42.0 Å². The second-order valence-electron chi connectivity index (χ2n) is 5.46. The average molecular weight is 341 g/mol. The number of nitrogen functional groups attached to an aromatic ring is 1. The maximum Gasteiger partial charge on any atom is 0.263 e. The molecule has 3 aromatic heterocycles. The molecule has 0 aliphatic rings. The summed E-state index contributed by atoms with van der Waals surface area (Å²) in [6, 6.07) is 1.75. The van der Waals surface area contributed by atoms with Gasteiger partial charge in [-0.2, -0.15) is 0 Å². The monoisotopic (exact) mass is 341 g/mol. The molecule has 9 heteroatoms. The van der Waals surface area contributed by atoms with Crippen LogP contribution >= 0.6 is 0 Å². The zero-order chi connectivity index (χ0) is 18.0. The van der Waals surface area contributed by atoms with E-state index >= 15 is 0 Å². The minimum absolute atomic E-state index is 0.0965. The molecule has 0 radical (unpaired) electrons. The first-order chi connectivity index (χ1) is 12.0. The van der Waals surface area contributed by atoms with Gasteiger partial charge in [-0.25, -0.2) is 9.50 Å². The maximum atomic E-state index is 12.7. The number of pyridine rings is 1. The normalized spacial score (nSPS) is 12.1. The molecule has 0 saturated carbocycles. The van der Waals surface area contributed by atoms with Gasteiger partial charge >= 0.3 is 0 Å². The minimum Gasteiger partial charge on any atom is -0.494 e. The number of carbonyl (C=O) groups excluding carboxylic acids is 1. The van der Waals surface area contributed by atoms with Gasteiger partial charge < -0.3 is 21.1 Å². The molecule has 0 saturated heterocycles. The Morgan fingerprint density at radius 1 is 1.40 bits per heavy atom. The number of amides is 1. The number of rotatable bonds is 5. The van der Waals surface area contributed by atoms with Crippen molar-refractivity contribution in [2.45, 2.75) is 13.0 Å². The second kappa shape index (κ2) is 6.73. The van der Waals surface area contributed by atoms with Crippen LogP contribution in [0.15, 0.2) is 30.9 Å². The fourth-order valence-electron chi connectivity index (χ4n) is 2.41. The Balaban J connectivity index is 1.97. The van der Waals surface area contributed by atoms with Crippen LogP contribution in [-0.4, -0.2) is 39.6 Å². The zero-order valence-corrected chi connectivity index (χ0v) is 14.1. The highest BCUT2D eigenvalue weighted by Gasteiger charge is 2.21. The lowest BCUT2D eigenvalue weighted by atomic mass is 10.2. The summed E-state index contributed by atoms with van der Waals surface area (Å²) >= 11 is 0. The van der Waals surface area contributed by atoms with Crippen LogP contribution in [0.1, 0.15) is 28.9 Å². The first-order valence-corrected chi connectivity index (χ1v) is 7.65. The summed E-state index contributed by atoms with van der Waals surface area (Å²) in [6.45, 7) is 2.00. The van der Waals surface area contributed by atoms with Gasteiger partial charge in [0, 0.05) is 36.3 Å². The van der Waals surface area contributed by atoms with Gasteiger partial charge in [0.25, 0.3) is 5.91 Å². The number of methoxy groups -OCH3 is 1. The third kappa shape index (κ3) is 3.09. The van der Waals surface area contributed by atoms with E-state index in [-0.39, 0.29) is 17.4 Å². The number of ether oxygens (including phenoxy) is 1. The number of fused-ring (bicyclic) bond motifs is 1. The molecule has 0 aliphatic carbocycles. The van der Waals surface area contributed by atoms with E-state index in [9.17, 15) is 4.79 Å². The number of nitrogens with one attached hydrogen (secondary N) is 2. The zero-order valence-electron chi connectivity index (χ0n) is 14.1. The van der Waals surface area contributed by atoms with E-state index in [0.717, 1.165) is 5.56 Å². The van der Waals surface area contributed by atoms with Crippen molar-refractivity contribution in [1.82, 2.24) is 24.9 Å². The summed E-state index contributed by atoms with van der Waals surface area (Å²) in [5, 5.41) is 10.0. The van der Waals surface area contributed by atoms with Gasteiger partial charge in [-0.3, -0.25) is 9.78 Å². The van der Waals surface area contributed by atoms with Crippen molar-refractivity contribution in [2.75, 3.05) is 25.2 Å². The fourth-order valence-corrected chi connectivity index (χ4v) is 2.41. The molecule has 25 heavy (non-hydrogen) atoms. The van der Waals surface area contributed by atoms with E-state index in [1.807, 2.05) is 14.0 Å². The molecule has 1 unspecified atom stereocenters. The van der Waals surface area contributed by atoms with Crippen LogP contribution in [0.3, 0.4) is 0 Å². The molecule has 3 rings (SSSR count). The summed E-state index contributed by atoms with van der Waals surface area (Å²) in [6.07, 6.45) is 6.56. The SMILES string of the molecule is CNC(C)c1cnc2c(C(=O)Nc3cnccc3OC)c(N)nn2c1. The summed E-state index contributed by atoms with van der Waals surface area (Å²) in [5.41, 5.74) is 7.89. The molecule has 0 bridgehead atoms. The molecule has 0 spiro atoms. The molecular weight excluding hydrogens is 322 g/mol. The molecular formula is C16H19N7O2. The van der Waals surface area contributed by atoms with E-state index in [2.05, 4.69) is 25.7 Å². The van der Waals surface area contributed by atoms with Gasteiger partial charge in [0.15, 0.2) is 11.5 Å². The molecule has 0 aromatic carbocycles. The Morgan fingerprint density at radius 2 is 2.20 bits per heavy atom. The number of anilines is 2. The third-order valence-electron chi connectivity index (χ3n) is 3.93. The first kappa shape index (κ1) is 16.7. The van der Waals surface area contributed by atoms with Crippen molar-refractivity contribution < 1.29 is 9.53 Å². The van der Waals surface area contributed by atoms with E-state index < -0.39 is 5.91 Å². The minimum atomic E-state index is -0.430. The third-order valence-corrected chi connectivity index (χ3v) is 3.93. The van der Waals surface area contributed by atoms with Gasteiger partial charge in [-0.05, 0) is 14.0 Å². The summed E-state index contributed by atoms with van der Waals surface area (Å²) in [7, 11) is 3.37. The fraction of sp³-hybridized carbons (Fsp3) is 0.250. The van der Waals surface area contributed by atoms with Crippen molar-refractivity contribution >= 4 is 23.1 Å². The Bertz CT molecular complexity index is 922. The lowest BCUT2D eigenvalue weighted by Crippen LogP contribution is -2.15. The van der Waals surface area contributed by atoms with Crippen LogP contribution in [-0.2, 0) is 0 Å². The molecule has 130 valence electrons. The van der Waals surface area contributed by atoms with E-state index in [1.165, 1.54) is 17.8 Å². The molecule has 4 N–H and O–H groups in total. The molecule has 9 nitrogen and oxygen atoms in total. The number of hydrogen-bond donors (Lipinski definition) is 3. The van der Waals surface area contributed by atoms with Gasteiger partial charge in [-0.15, -0.1) is 5.10 Å². The summed E-state index contributed by atoms with van der Waals surface area (Å²) in [5.74, 6) is 0.166. The van der Waals surface area contributed by atoms with Crippen LogP contribution in [0, 0.1) is 0 Å². The second-order valence-corrected chi connectivity index (χ2v) is 5.46. The number of hydrogen-bond acceptors (Lipinski definition) is 7. The van der Waals surface area contributed by atoms with E-state index in [1.54, 1.807) is 24.7 Å². The predicted octanol–water partition coefficient (Wildman–Crippen LogP) is 1.25. The highest BCUT2D eigenvalue weighted by molar-refractivity contribution is 6.11. The Morgan fingerprint density at radius 3 is 2.92 bits per heavy atom. The van der Waals surface area contributed by atoms with Crippen molar-refractivity contribution in [1.29, 1.82) is 0 Å².